The molecule has 25 heavy (non-hydrogen) atoms. The lowest BCUT2D eigenvalue weighted by atomic mass is 9.67. The van der Waals surface area contributed by atoms with E-state index in [0.717, 1.165) is 51.5 Å². The Hall–Kier alpha value is -1.75. The van der Waals surface area contributed by atoms with Crippen molar-refractivity contribution in [3.05, 3.63) is 29.8 Å². The summed E-state index contributed by atoms with van der Waals surface area (Å²) >= 11 is 0. The Morgan fingerprint density at radius 1 is 1.24 bits per heavy atom. The van der Waals surface area contributed by atoms with Gasteiger partial charge >= 0.3 is 0 Å². The maximum Gasteiger partial charge on any atom is 0.191 e. The summed E-state index contributed by atoms with van der Waals surface area (Å²) in [6, 6.07) is 7.44. The van der Waals surface area contributed by atoms with Crippen molar-refractivity contribution in [2.75, 3.05) is 33.4 Å². The molecule has 0 atom stereocenters. The van der Waals surface area contributed by atoms with Gasteiger partial charge in [0.25, 0.3) is 0 Å². The fourth-order valence-corrected chi connectivity index (χ4v) is 3.23. The lowest BCUT2D eigenvalue weighted by Crippen LogP contribution is -2.40. The van der Waals surface area contributed by atoms with Gasteiger partial charge < -0.3 is 20.5 Å². The zero-order valence-electron chi connectivity index (χ0n) is 15.7. The minimum absolute atomic E-state index is 0.321. The van der Waals surface area contributed by atoms with Gasteiger partial charge in [-0.1, -0.05) is 18.6 Å². The Labute approximate surface area is 151 Å². The van der Waals surface area contributed by atoms with Gasteiger partial charge in [-0.15, -0.1) is 0 Å². The van der Waals surface area contributed by atoms with E-state index < -0.39 is 0 Å². The molecule has 0 radical (unpaired) electrons. The van der Waals surface area contributed by atoms with Gasteiger partial charge in [-0.3, -0.25) is 4.99 Å². The van der Waals surface area contributed by atoms with Crippen LogP contribution in [0.15, 0.2) is 29.3 Å². The highest BCUT2D eigenvalue weighted by Crippen LogP contribution is 2.44. The average molecular weight is 348 g/mol. The summed E-state index contributed by atoms with van der Waals surface area (Å²) in [5.41, 5.74) is 1.60. The maximum atomic E-state index is 9.32. The molecule has 140 valence electrons. The highest BCUT2D eigenvalue weighted by Gasteiger charge is 2.36. The number of nitrogens with zero attached hydrogens (tertiary/aromatic N) is 1. The standard InChI is InChI=1S/C20H33N3O2/c1-3-21-19(23-16-20(11-5-12-20)13-15-25-2)22-14-4-6-17-7-9-18(24)10-8-17/h7-10,24H,3-6,11-16H2,1-2H3,(H2,21,22,23). The fourth-order valence-electron chi connectivity index (χ4n) is 3.23. The molecule has 3 N–H and O–H groups in total. The first-order valence-corrected chi connectivity index (χ1v) is 9.46. The highest BCUT2D eigenvalue weighted by molar-refractivity contribution is 5.79. The molecule has 1 saturated carbocycles. The first-order valence-electron chi connectivity index (χ1n) is 9.46. The Kier molecular flexibility index (Phi) is 8.06. The lowest BCUT2D eigenvalue weighted by Gasteiger charge is -2.40. The van der Waals surface area contributed by atoms with Gasteiger partial charge in [0.2, 0.25) is 0 Å². The van der Waals surface area contributed by atoms with E-state index in [9.17, 15) is 5.11 Å². The number of guanidine groups is 1. The average Bonchev–Trinajstić information content (AvgIpc) is 2.58. The van der Waals surface area contributed by atoms with E-state index in [1.54, 1.807) is 19.2 Å². The van der Waals surface area contributed by atoms with E-state index in [1.165, 1.54) is 24.8 Å². The fraction of sp³-hybridized carbons (Fsp3) is 0.650. The Bertz CT molecular complexity index is 524. The zero-order valence-corrected chi connectivity index (χ0v) is 15.7. The van der Waals surface area contributed by atoms with Gasteiger partial charge in [0, 0.05) is 33.4 Å². The van der Waals surface area contributed by atoms with Crippen molar-refractivity contribution in [1.82, 2.24) is 10.6 Å². The predicted octanol–water partition coefficient (Wildman–Crippen LogP) is 3.09. The van der Waals surface area contributed by atoms with Crippen molar-refractivity contribution in [2.45, 2.75) is 45.4 Å². The molecule has 0 aliphatic heterocycles. The highest BCUT2D eigenvalue weighted by atomic mass is 16.5. The molecule has 5 heteroatoms. The Morgan fingerprint density at radius 2 is 2.00 bits per heavy atom. The van der Waals surface area contributed by atoms with Crippen LogP contribution in [0.4, 0.5) is 0 Å². The first kappa shape index (κ1) is 19.6. The van der Waals surface area contributed by atoms with E-state index in [2.05, 4.69) is 17.6 Å². The van der Waals surface area contributed by atoms with Crippen LogP contribution in [0.3, 0.4) is 0 Å². The number of aromatic hydroxyl groups is 1. The van der Waals surface area contributed by atoms with Crippen molar-refractivity contribution in [3.8, 4) is 5.75 Å². The summed E-state index contributed by atoms with van der Waals surface area (Å²) in [5.74, 6) is 1.23. The van der Waals surface area contributed by atoms with Crippen LogP contribution in [-0.4, -0.2) is 44.4 Å². The summed E-state index contributed by atoms with van der Waals surface area (Å²) in [6.07, 6.45) is 6.97. The molecule has 5 nitrogen and oxygen atoms in total. The van der Waals surface area contributed by atoms with Gasteiger partial charge in [-0.2, -0.15) is 0 Å². The largest absolute Gasteiger partial charge is 0.508 e. The molecule has 1 fully saturated rings. The molecule has 0 spiro atoms. The number of nitrogens with one attached hydrogen (secondary N) is 2. The number of benzene rings is 1. The number of hydrogen-bond acceptors (Lipinski definition) is 3. The van der Waals surface area contributed by atoms with Crippen molar-refractivity contribution >= 4 is 5.96 Å². The summed E-state index contributed by atoms with van der Waals surface area (Å²) in [4.78, 5) is 4.82. The smallest absolute Gasteiger partial charge is 0.191 e. The van der Waals surface area contributed by atoms with E-state index in [1.807, 2.05) is 12.1 Å². The van der Waals surface area contributed by atoms with Gasteiger partial charge in [0.15, 0.2) is 5.96 Å². The van der Waals surface area contributed by atoms with Crippen LogP contribution in [0.2, 0.25) is 0 Å². The van der Waals surface area contributed by atoms with E-state index >= 15 is 0 Å². The molecule has 0 bridgehead atoms. The first-order chi connectivity index (χ1) is 12.2. The second-order valence-electron chi connectivity index (χ2n) is 6.99. The number of aliphatic imine (C=N–C) groups is 1. The van der Waals surface area contributed by atoms with Crippen molar-refractivity contribution < 1.29 is 9.84 Å². The van der Waals surface area contributed by atoms with Crippen molar-refractivity contribution in [1.29, 1.82) is 0 Å². The summed E-state index contributed by atoms with van der Waals surface area (Å²) < 4.78 is 5.26. The molecule has 0 heterocycles. The lowest BCUT2D eigenvalue weighted by molar-refractivity contribution is 0.0778. The van der Waals surface area contributed by atoms with Crippen LogP contribution in [0.1, 0.15) is 44.6 Å². The number of methoxy groups -OCH3 is 1. The third kappa shape index (κ3) is 6.58. The molecule has 1 aliphatic rings. The molecule has 0 unspecified atom stereocenters. The number of ether oxygens (including phenoxy) is 1. The summed E-state index contributed by atoms with van der Waals surface area (Å²) in [7, 11) is 1.77. The van der Waals surface area contributed by atoms with Gasteiger partial charge in [-0.25, -0.2) is 0 Å². The second kappa shape index (κ2) is 10.3. The quantitative estimate of drug-likeness (QED) is 0.346. The Balaban J connectivity index is 1.76. The van der Waals surface area contributed by atoms with E-state index in [0.29, 0.717) is 11.2 Å². The van der Waals surface area contributed by atoms with Crippen LogP contribution >= 0.6 is 0 Å². The van der Waals surface area contributed by atoms with E-state index in [-0.39, 0.29) is 0 Å². The summed E-state index contributed by atoms with van der Waals surface area (Å²) in [5, 5.41) is 16.1. The molecule has 2 rings (SSSR count). The third-order valence-electron chi connectivity index (χ3n) is 5.04. The zero-order chi connectivity index (χ0) is 18.0. The van der Waals surface area contributed by atoms with Crippen LogP contribution in [-0.2, 0) is 11.2 Å². The van der Waals surface area contributed by atoms with Gasteiger partial charge in [-0.05, 0) is 62.1 Å². The topological polar surface area (TPSA) is 65.9 Å². The molecule has 0 aromatic heterocycles. The van der Waals surface area contributed by atoms with Crippen LogP contribution in [0, 0.1) is 5.41 Å². The number of phenolic OH excluding ortho intramolecular Hbond substituents is 1. The molecule has 1 aliphatic carbocycles. The van der Waals surface area contributed by atoms with Gasteiger partial charge in [0.1, 0.15) is 5.75 Å². The maximum absolute atomic E-state index is 9.32. The number of rotatable bonds is 10. The van der Waals surface area contributed by atoms with Crippen LogP contribution in [0.25, 0.3) is 0 Å². The third-order valence-corrected chi connectivity index (χ3v) is 5.04. The molecular weight excluding hydrogens is 314 g/mol. The second-order valence-corrected chi connectivity index (χ2v) is 6.99. The molecular formula is C20H33N3O2. The summed E-state index contributed by atoms with van der Waals surface area (Å²) in [6.45, 7) is 5.56. The van der Waals surface area contributed by atoms with Crippen LogP contribution in [0.5, 0.6) is 5.75 Å². The van der Waals surface area contributed by atoms with Crippen molar-refractivity contribution in [3.63, 3.8) is 0 Å². The van der Waals surface area contributed by atoms with Gasteiger partial charge in [0.05, 0.1) is 0 Å². The molecule has 0 amide bonds. The normalized spacial score (nSPS) is 16.3. The minimum Gasteiger partial charge on any atom is -0.508 e. The molecule has 1 aromatic carbocycles. The monoisotopic (exact) mass is 347 g/mol. The SMILES string of the molecule is CCNC(=NCC1(CCOC)CCC1)NCCCc1ccc(O)cc1. The Morgan fingerprint density at radius 3 is 2.60 bits per heavy atom. The predicted molar refractivity (Wildman–Crippen MR) is 103 cm³/mol. The van der Waals surface area contributed by atoms with E-state index in [4.69, 9.17) is 9.73 Å². The number of hydrogen-bond donors (Lipinski definition) is 3. The van der Waals surface area contributed by atoms with Crippen LogP contribution < -0.4 is 10.6 Å². The molecule has 1 aromatic rings. The van der Waals surface area contributed by atoms with Crippen molar-refractivity contribution in [2.24, 2.45) is 10.4 Å². The minimum atomic E-state index is 0.321. The number of phenols is 1. The molecule has 0 saturated heterocycles. The number of aryl methyl sites for hydroxylation is 1.